The van der Waals surface area contributed by atoms with Crippen molar-refractivity contribution in [3.8, 4) is 5.75 Å². The number of hydrogen-bond donors (Lipinski definition) is 1. The summed E-state index contributed by atoms with van der Waals surface area (Å²) < 4.78 is 10.8. The van der Waals surface area contributed by atoms with Crippen LogP contribution in [0.5, 0.6) is 5.75 Å². The molecule has 4 heteroatoms. The van der Waals surface area contributed by atoms with E-state index in [1.54, 1.807) is 13.4 Å². The van der Waals surface area contributed by atoms with Crippen LogP contribution in [0.1, 0.15) is 11.8 Å². The molecule has 0 bridgehead atoms. The molecule has 0 aliphatic rings. The Balaban J connectivity index is 2.31. The summed E-state index contributed by atoms with van der Waals surface area (Å²) in [4.78, 5) is 2.07. The molecule has 0 aliphatic heterocycles. The summed E-state index contributed by atoms with van der Waals surface area (Å²) in [5.74, 6) is 1.68. The molecule has 4 nitrogen and oxygen atoms in total. The second kappa shape index (κ2) is 5.60. The summed E-state index contributed by atoms with van der Waals surface area (Å²) in [5.41, 5.74) is 6.84. The lowest BCUT2D eigenvalue weighted by Crippen LogP contribution is -2.30. The molecule has 0 saturated heterocycles. The van der Waals surface area contributed by atoms with Gasteiger partial charge in [-0.2, -0.15) is 0 Å². The Morgan fingerprint density at radius 3 is 2.67 bits per heavy atom. The van der Waals surface area contributed by atoms with E-state index < -0.39 is 0 Å². The number of likely N-dealkylation sites (N-methyl/N-ethyl adjacent to an activating group) is 1. The molecular formula is C14H18N2O2. The number of nitrogens with zero attached hydrogens (tertiary/aromatic N) is 1. The van der Waals surface area contributed by atoms with Crippen molar-refractivity contribution in [2.45, 2.75) is 6.04 Å². The van der Waals surface area contributed by atoms with Gasteiger partial charge >= 0.3 is 0 Å². The lowest BCUT2D eigenvalue weighted by atomic mass is 10.1. The monoisotopic (exact) mass is 246 g/mol. The maximum Gasteiger partial charge on any atom is 0.142 e. The van der Waals surface area contributed by atoms with E-state index in [0.29, 0.717) is 6.54 Å². The third-order valence-electron chi connectivity index (χ3n) is 3.03. The number of rotatable bonds is 5. The molecule has 0 saturated carbocycles. The van der Waals surface area contributed by atoms with Gasteiger partial charge in [0.15, 0.2) is 0 Å². The second-order valence-corrected chi connectivity index (χ2v) is 4.05. The highest BCUT2D eigenvalue weighted by Gasteiger charge is 2.20. The van der Waals surface area contributed by atoms with Crippen molar-refractivity contribution in [3.05, 3.63) is 48.4 Å². The van der Waals surface area contributed by atoms with Crippen LogP contribution < -0.4 is 15.4 Å². The van der Waals surface area contributed by atoms with E-state index in [0.717, 1.165) is 17.2 Å². The molecule has 18 heavy (non-hydrogen) atoms. The van der Waals surface area contributed by atoms with E-state index in [1.807, 2.05) is 43.4 Å². The Labute approximate surface area is 107 Å². The van der Waals surface area contributed by atoms with Crippen LogP contribution in [0.15, 0.2) is 47.1 Å². The van der Waals surface area contributed by atoms with E-state index in [9.17, 15) is 0 Å². The Kier molecular flexibility index (Phi) is 3.89. The zero-order valence-corrected chi connectivity index (χ0v) is 10.7. The first kappa shape index (κ1) is 12.5. The summed E-state index contributed by atoms with van der Waals surface area (Å²) in [5, 5.41) is 0. The number of ether oxygens (including phenoxy) is 1. The topological polar surface area (TPSA) is 51.6 Å². The Bertz CT molecular complexity index is 482. The van der Waals surface area contributed by atoms with Crippen LogP contribution in [-0.2, 0) is 0 Å². The predicted octanol–water partition coefficient (Wildman–Crippen LogP) is 2.42. The third kappa shape index (κ3) is 2.33. The fourth-order valence-electron chi connectivity index (χ4n) is 2.04. The van der Waals surface area contributed by atoms with Crippen molar-refractivity contribution in [2.24, 2.45) is 5.73 Å². The zero-order chi connectivity index (χ0) is 13.0. The van der Waals surface area contributed by atoms with Gasteiger partial charge in [0.25, 0.3) is 0 Å². The highest BCUT2D eigenvalue weighted by molar-refractivity contribution is 5.59. The van der Waals surface area contributed by atoms with Gasteiger partial charge in [-0.1, -0.05) is 12.1 Å². The second-order valence-electron chi connectivity index (χ2n) is 4.05. The molecule has 0 radical (unpaired) electrons. The van der Waals surface area contributed by atoms with Gasteiger partial charge in [0.1, 0.15) is 11.5 Å². The normalized spacial score (nSPS) is 12.2. The molecule has 1 aromatic carbocycles. The molecule has 1 aromatic heterocycles. The Morgan fingerprint density at radius 2 is 2.06 bits per heavy atom. The highest BCUT2D eigenvalue weighted by Crippen LogP contribution is 2.32. The van der Waals surface area contributed by atoms with E-state index in [4.69, 9.17) is 14.9 Å². The van der Waals surface area contributed by atoms with Crippen molar-refractivity contribution >= 4 is 5.69 Å². The van der Waals surface area contributed by atoms with Gasteiger partial charge in [-0.3, -0.25) is 0 Å². The molecule has 2 rings (SSSR count). The van der Waals surface area contributed by atoms with Crippen LogP contribution in [0.4, 0.5) is 5.69 Å². The largest absolute Gasteiger partial charge is 0.495 e. The summed E-state index contributed by atoms with van der Waals surface area (Å²) in [7, 11) is 3.65. The van der Waals surface area contributed by atoms with E-state index in [1.165, 1.54) is 0 Å². The van der Waals surface area contributed by atoms with Gasteiger partial charge in [-0.25, -0.2) is 0 Å². The first-order valence-electron chi connectivity index (χ1n) is 5.87. The van der Waals surface area contributed by atoms with Crippen LogP contribution in [0.2, 0.25) is 0 Å². The summed E-state index contributed by atoms with van der Waals surface area (Å²) >= 11 is 0. The number of nitrogens with two attached hydrogens (primary N) is 1. The first-order chi connectivity index (χ1) is 8.77. The molecule has 1 atom stereocenters. The van der Waals surface area contributed by atoms with Gasteiger partial charge in [-0.05, 0) is 24.3 Å². The fraction of sp³-hybridized carbons (Fsp3) is 0.286. The van der Waals surface area contributed by atoms with E-state index in [-0.39, 0.29) is 6.04 Å². The molecule has 0 amide bonds. The summed E-state index contributed by atoms with van der Waals surface area (Å²) in [6, 6.07) is 11.7. The van der Waals surface area contributed by atoms with Gasteiger partial charge in [-0.15, -0.1) is 0 Å². The SMILES string of the molecule is COc1ccccc1N(C)C(CN)c1ccco1. The lowest BCUT2D eigenvalue weighted by Gasteiger charge is -2.28. The van der Waals surface area contributed by atoms with Gasteiger partial charge in [0, 0.05) is 13.6 Å². The molecule has 0 aliphatic carbocycles. The van der Waals surface area contributed by atoms with Crippen LogP contribution in [0.25, 0.3) is 0 Å². The molecule has 2 aromatic rings. The highest BCUT2D eigenvalue weighted by atomic mass is 16.5. The minimum Gasteiger partial charge on any atom is -0.495 e. The molecule has 96 valence electrons. The van der Waals surface area contributed by atoms with E-state index in [2.05, 4.69) is 4.90 Å². The number of hydrogen-bond acceptors (Lipinski definition) is 4. The molecule has 0 fully saturated rings. The minimum absolute atomic E-state index is 0.00343. The van der Waals surface area contributed by atoms with Crippen LogP contribution >= 0.6 is 0 Å². The quantitative estimate of drug-likeness (QED) is 0.880. The van der Waals surface area contributed by atoms with Crippen molar-refractivity contribution < 1.29 is 9.15 Å². The number of methoxy groups -OCH3 is 1. The van der Waals surface area contributed by atoms with Crippen LogP contribution in [0.3, 0.4) is 0 Å². The summed E-state index contributed by atoms with van der Waals surface area (Å²) in [6.45, 7) is 0.474. The lowest BCUT2D eigenvalue weighted by molar-refractivity contribution is 0.410. The molecular weight excluding hydrogens is 228 g/mol. The van der Waals surface area contributed by atoms with Crippen molar-refractivity contribution in [1.82, 2.24) is 0 Å². The predicted molar refractivity (Wildman–Crippen MR) is 71.9 cm³/mol. The van der Waals surface area contributed by atoms with Crippen molar-refractivity contribution in [3.63, 3.8) is 0 Å². The first-order valence-corrected chi connectivity index (χ1v) is 5.87. The molecule has 0 spiro atoms. The van der Waals surface area contributed by atoms with Gasteiger partial charge in [0.05, 0.1) is 25.1 Å². The third-order valence-corrected chi connectivity index (χ3v) is 3.03. The smallest absolute Gasteiger partial charge is 0.142 e. The maximum absolute atomic E-state index is 5.85. The van der Waals surface area contributed by atoms with Crippen molar-refractivity contribution in [1.29, 1.82) is 0 Å². The maximum atomic E-state index is 5.85. The molecule has 2 N–H and O–H groups in total. The minimum atomic E-state index is -0.00343. The number of para-hydroxylation sites is 2. The van der Waals surface area contributed by atoms with Crippen LogP contribution in [0, 0.1) is 0 Å². The number of benzene rings is 1. The van der Waals surface area contributed by atoms with E-state index >= 15 is 0 Å². The number of anilines is 1. The van der Waals surface area contributed by atoms with Gasteiger partial charge in [0.2, 0.25) is 0 Å². The standard InChI is InChI=1S/C14H18N2O2/c1-16(11-6-3-4-7-13(11)17-2)12(10-15)14-8-5-9-18-14/h3-9,12H,10,15H2,1-2H3. The Hall–Kier alpha value is -1.94. The molecule has 1 heterocycles. The van der Waals surface area contributed by atoms with Gasteiger partial charge < -0.3 is 19.8 Å². The Morgan fingerprint density at radius 1 is 1.28 bits per heavy atom. The zero-order valence-electron chi connectivity index (χ0n) is 10.7. The van der Waals surface area contributed by atoms with Crippen molar-refractivity contribution in [2.75, 3.05) is 25.6 Å². The average Bonchev–Trinajstić information content (AvgIpc) is 2.93. The molecule has 1 unspecified atom stereocenters. The fourth-order valence-corrected chi connectivity index (χ4v) is 2.04. The number of furan rings is 1. The summed E-state index contributed by atoms with van der Waals surface area (Å²) in [6.07, 6.45) is 1.66. The van der Waals surface area contributed by atoms with Crippen LogP contribution in [-0.4, -0.2) is 20.7 Å². The average molecular weight is 246 g/mol.